The molecule has 0 bridgehead atoms. The highest BCUT2D eigenvalue weighted by molar-refractivity contribution is 6.60. The summed E-state index contributed by atoms with van der Waals surface area (Å²) < 4.78 is 17.1. The van der Waals surface area contributed by atoms with Crippen molar-refractivity contribution in [3.8, 4) is 0 Å². The van der Waals surface area contributed by atoms with Crippen LogP contribution in [-0.2, 0) is 18.1 Å². The molecule has 5 nitrogen and oxygen atoms in total. The Labute approximate surface area is 111 Å². The van der Waals surface area contributed by atoms with E-state index in [1.54, 1.807) is 0 Å². The van der Waals surface area contributed by atoms with Crippen LogP contribution in [0.25, 0.3) is 0 Å². The van der Waals surface area contributed by atoms with Gasteiger partial charge in [0, 0.05) is 32.4 Å². The van der Waals surface area contributed by atoms with E-state index >= 15 is 0 Å². The lowest BCUT2D eigenvalue weighted by molar-refractivity contribution is -0.116. The predicted octanol–water partition coefficient (Wildman–Crippen LogP) is 1.73. The van der Waals surface area contributed by atoms with Crippen molar-refractivity contribution in [2.24, 2.45) is 0 Å². The van der Waals surface area contributed by atoms with Gasteiger partial charge in [-0.15, -0.1) is 0 Å². The molecule has 0 aromatic rings. The van der Waals surface area contributed by atoms with Crippen LogP contribution >= 0.6 is 0 Å². The topological polar surface area (TPSA) is 56.8 Å². The van der Waals surface area contributed by atoms with Gasteiger partial charge in [0.15, 0.2) is 0 Å². The molecule has 0 radical (unpaired) electrons. The third-order valence-electron chi connectivity index (χ3n) is 2.24. The molecule has 0 aliphatic carbocycles. The van der Waals surface area contributed by atoms with Crippen LogP contribution in [-0.4, -0.2) is 41.1 Å². The van der Waals surface area contributed by atoms with Crippen molar-refractivity contribution in [2.75, 3.05) is 26.4 Å². The standard InChI is InChI=1S/C12H25NO4Si/c1-5-12(14)13-10-9-11-18(15-6-2,16-7-3)17-8-4/h5H,1,6-11H2,2-4H3,(H,13,14). The quantitative estimate of drug-likeness (QED) is 0.354. The summed E-state index contributed by atoms with van der Waals surface area (Å²) in [5.74, 6) is -0.161. The van der Waals surface area contributed by atoms with Crippen LogP contribution in [0.15, 0.2) is 12.7 Å². The van der Waals surface area contributed by atoms with Gasteiger partial charge in [-0.05, 0) is 33.3 Å². The second-order valence-electron chi connectivity index (χ2n) is 3.58. The van der Waals surface area contributed by atoms with Gasteiger partial charge in [-0.25, -0.2) is 0 Å². The normalized spacial score (nSPS) is 11.3. The molecule has 0 fully saturated rings. The number of nitrogens with one attached hydrogen (secondary N) is 1. The van der Waals surface area contributed by atoms with Gasteiger partial charge < -0.3 is 18.6 Å². The molecule has 0 heterocycles. The minimum atomic E-state index is -2.55. The zero-order chi connectivity index (χ0) is 13.9. The van der Waals surface area contributed by atoms with E-state index in [9.17, 15) is 4.79 Å². The Morgan fingerprint density at radius 1 is 1.17 bits per heavy atom. The Morgan fingerprint density at radius 3 is 2.06 bits per heavy atom. The summed E-state index contributed by atoms with van der Waals surface area (Å²) in [6.45, 7) is 11.5. The Hall–Kier alpha value is -0.693. The zero-order valence-corrected chi connectivity index (χ0v) is 12.7. The van der Waals surface area contributed by atoms with E-state index in [0.29, 0.717) is 32.4 Å². The summed E-state index contributed by atoms with van der Waals surface area (Å²) in [4.78, 5) is 11.0. The highest BCUT2D eigenvalue weighted by Crippen LogP contribution is 2.17. The summed E-state index contributed by atoms with van der Waals surface area (Å²) in [6, 6.07) is 0.708. The Balaban J connectivity index is 4.20. The van der Waals surface area contributed by atoms with Crippen LogP contribution in [0, 0.1) is 0 Å². The molecule has 0 saturated heterocycles. The predicted molar refractivity (Wildman–Crippen MR) is 73.3 cm³/mol. The molecule has 106 valence electrons. The molecule has 0 aromatic heterocycles. The fourth-order valence-electron chi connectivity index (χ4n) is 1.59. The van der Waals surface area contributed by atoms with Crippen molar-refractivity contribution in [2.45, 2.75) is 33.2 Å². The average molecular weight is 275 g/mol. The van der Waals surface area contributed by atoms with Gasteiger partial charge >= 0.3 is 8.80 Å². The Kier molecular flexibility index (Phi) is 9.86. The second-order valence-corrected chi connectivity index (χ2v) is 6.31. The molecule has 0 aromatic carbocycles. The van der Waals surface area contributed by atoms with E-state index in [4.69, 9.17) is 13.3 Å². The number of hydrogen-bond acceptors (Lipinski definition) is 4. The molecule has 0 aliphatic heterocycles. The van der Waals surface area contributed by atoms with Gasteiger partial charge in [-0.1, -0.05) is 6.58 Å². The van der Waals surface area contributed by atoms with Crippen molar-refractivity contribution in [1.29, 1.82) is 0 Å². The fraction of sp³-hybridized carbons (Fsp3) is 0.750. The number of carbonyl (C=O) groups excluding carboxylic acids is 1. The molecule has 0 atom stereocenters. The minimum Gasteiger partial charge on any atom is -0.374 e. The van der Waals surface area contributed by atoms with E-state index in [1.165, 1.54) is 6.08 Å². The van der Waals surface area contributed by atoms with E-state index < -0.39 is 8.80 Å². The average Bonchev–Trinajstić information content (AvgIpc) is 2.35. The molecule has 1 N–H and O–H groups in total. The van der Waals surface area contributed by atoms with Crippen LogP contribution in [0.4, 0.5) is 0 Å². The molecule has 1 amide bonds. The third kappa shape index (κ3) is 6.90. The summed E-state index contributed by atoms with van der Waals surface area (Å²) in [5, 5.41) is 2.73. The third-order valence-corrected chi connectivity index (χ3v) is 5.39. The first kappa shape index (κ1) is 17.3. The molecule has 0 spiro atoms. The number of carbonyl (C=O) groups is 1. The van der Waals surface area contributed by atoms with E-state index in [0.717, 1.165) is 6.42 Å². The van der Waals surface area contributed by atoms with E-state index in [2.05, 4.69) is 11.9 Å². The van der Waals surface area contributed by atoms with Gasteiger partial charge in [0.2, 0.25) is 5.91 Å². The maximum absolute atomic E-state index is 11.0. The summed E-state index contributed by atoms with van der Waals surface area (Å²) in [7, 11) is -2.55. The molecule has 6 heteroatoms. The van der Waals surface area contributed by atoms with Gasteiger partial charge in [0.05, 0.1) is 0 Å². The molecule has 0 saturated carbocycles. The van der Waals surface area contributed by atoms with Crippen molar-refractivity contribution >= 4 is 14.7 Å². The second kappa shape index (κ2) is 10.2. The zero-order valence-electron chi connectivity index (χ0n) is 11.7. The van der Waals surface area contributed by atoms with Crippen molar-refractivity contribution in [3.05, 3.63) is 12.7 Å². The smallest absolute Gasteiger partial charge is 0.374 e. The van der Waals surface area contributed by atoms with Gasteiger partial charge in [0.1, 0.15) is 0 Å². The summed E-state index contributed by atoms with van der Waals surface area (Å²) in [5.41, 5.74) is 0. The Bertz CT molecular complexity index is 231. The molecule has 0 rings (SSSR count). The SMILES string of the molecule is C=CC(=O)NCCC[Si](OCC)(OCC)OCC. The number of hydrogen-bond donors (Lipinski definition) is 1. The Morgan fingerprint density at radius 2 is 1.67 bits per heavy atom. The van der Waals surface area contributed by atoms with Crippen molar-refractivity contribution in [1.82, 2.24) is 5.32 Å². The lowest BCUT2D eigenvalue weighted by Crippen LogP contribution is -2.46. The maximum Gasteiger partial charge on any atom is 0.500 e. The van der Waals surface area contributed by atoms with Gasteiger partial charge in [0.25, 0.3) is 0 Å². The van der Waals surface area contributed by atoms with Crippen LogP contribution in [0.5, 0.6) is 0 Å². The van der Waals surface area contributed by atoms with E-state index in [-0.39, 0.29) is 5.91 Å². The van der Waals surface area contributed by atoms with Crippen molar-refractivity contribution in [3.63, 3.8) is 0 Å². The van der Waals surface area contributed by atoms with E-state index in [1.807, 2.05) is 20.8 Å². The molecule has 0 aliphatic rings. The lowest BCUT2D eigenvalue weighted by Gasteiger charge is -2.28. The number of rotatable bonds is 11. The van der Waals surface area contributed by atoms with Crippen LogP contribution in [0.3, 0.4) is 0 Å². The molecular formula is C12H25NO4Si. The fourth-order valence-corrected chi connectivity index (χ4v) is 4.20. The number of amides is 1. The van der Waals surface area contributed by atoms with Crippen molar-refractivity contribution < 1.29 is 18.1 Å². The van der Waals surface area contributed by atoms with Crippen LogP contribution < -0.4 is 5.32 Å². The summed E-state index contributed by atoms with van der Waals surface area (Å²) in [6.07, 6.45) is 2.03. The lowest BCUT2D eigenvalue weighted by atomic mass is 10.4. The first-order valence-corrected chi connectivity index (χ1v) is 8.39. The molecule has 0 unspecified atom stereocenters. The monoisotopic (exact) mass is 275 g/mol. The minimum absolute atomic E-state index is 0.161. The van der Waals surface area contributed by atoms with Gasteiger partial charge in [-0.3, -0.25) is 4.79 Å². The molecular weight excluding hydrogens is 250 g/mol. The van der Waals surface area contributed by atoms with Gasteiger partial charge in [-0.2, -0.15) is 0 Å². The first-order valence-electron chi connectivity index (χ1n) is 6.46. The highest BCUT2D eigenvalue weighted by Gasteiger charge is 2.39. The largest absolute Gasteiger partial charge is 0.500 e. The van der Waals surface area contributed by atoms with Crippen LogP contribution in [0.1, 0.15) is 27.2 Å². The molecule has 18 heavy (non-hydrogen) atoms. The maximum atomic E-state index is 11.0. The highest BCUT2D eigenvalue weighted by atomic mass is 28.4. The summed E-state index contributed by atoms with van der Waals surface area (Å²) >= 11 is 0. The van der Waals surface area contributed by atoms with Crippen LogP contribution in [0.2, 0.25) is 6.04 Å². The first-order chi connectivity index (χ1) is 8.64.